The lowest BCUT2D eigenvalue weighted by atomic mass is 10.1. The largest absolute Gasteiger partial charge is 0.335 e. The molecule has 0 radical (unpaired) electrons. The monoisotopic (exact) mass is 333 g/mol. The Hall–Kier alpha value is -1.29. The van der Waals surface area contributed by atoms with Crippen LogP contribution in [0.1, 0.15) is 56.3 Å². The minimum Gasteiger partial charge on any atom is -0.335 e. The van der Waals surface area contributed by atoms with Gasteiger partial charge in [-0.1, -0.05) is 56.5 Å². The number of thioether (sulfide) groups is 1. The van der Waals surface area contributed by atoms with Gasteiger partial charge in [-0.2, -0.15) is 11.8 Å². The predicted molar refractivity (Wildman–Crippen MR) is 96.6 cm³/mol. The second-order valence-electron chi connectivity index (χ2n) is 6.14. The first-order valence-corrected chi connectivity index (χ1v) is 9.71. The molecule has 1 aromatic carbocycles. The SMILES string of the molecule is CCCCCCSC(CC(=O)CN1CCC1=O)c1ccccc1. The first-order valence-electron chi connectivity index (χ1n) is 8.66. The summed E-state index contributed by atoms with van der Waals surface area (Å²) in [5.41, 5.74) is 1.22. The Balaban J connectivity index is 1.85. The number of carbonyl (C=O) groups is 2. The molecule has 1 unspecified atom stereocenters. The van der Waals surface area contributed by atoms with Crippen molar-refractivity contribution in [3.8, 4) is 0 Å². The summed E-state index contributed by atoms with van der Waals surface area (Å²) in [4.78, 5) is 25.3. The van der Waals surface area contributed by atoms with Crippen molar-refractivity contribution in [1.82, 2.24) is 4.90 Å². The van der Waals surface area contributed by atoms with Gasteiger partial charge in [0.05, 0.1) is 6.54 Å². The molecule has 0 saturated carbocycles. The molecule has 2 rings (SSSR count). The van der Waals surface area contributed by atoms with E-state index in [1.165, 1.54) is 31.2 Å². The lowest BCUT2D eigenvalue weighted by Crippen LogP contribution is -2.46. The highest BCUT2D eigenvalue weighted by Crippen LogP contribution is 2.33. The first kappa shape index (κ1) is 18.1. The van der Waals surface area contributed by atoms with Crippen molar-refractivity contribution in [2.75, 3.05) is 18.8 Å². The highest BCUT2D eigenvalue weighted by molar-refractivity contribution is 7.99. The fraction of sp³-hybridized carbons (Fsp3) is 0.579. The van der Waals surface area contributed by atoms with Gasteiger partial charge < -0.3 is 4.90 Å². The molecule has 23 heavy (non-hydrogen) atoms. The van der Waals surface area contributed by atoms with Gasteiger partial charge in [-0.25, -0.2) is 0 Å². The molecule has 0 aliphatic carbocycles. The normalized spacial score (nSPS) is 15.3. The van der Waals surface area contributed by atoms with Crippen LogP contribution < -0.4 is 0 Å². The Kier molecular flexibility index (Phi) is 7.66. The number of hydrogen-bond acceptors (Lipinski definition) is 3. The zero-order valence-corrected chi connectivity index (χ0v) is 14.8. The average Bonchev–Trinajstić information content (AvgIpc) is 2.58. The molecular formula is C19H27NO2S. The summed E-state index contributed by atoms with van der Waals surface area (Å²) in [5, 5.41) is 0.210. The lowest BCUT2D eigenvalue weighted by Gasteiger charge is -2.30. The number of benzene rings is 1. The molecule has 1 aromatic rings. The molecule has 0 spiro atoms. The fourth-order valence-corrected chi connectivity index (χ4v) is 4.02. The number of amides is 1. The molecule has 0 N–H and O–H groups in total. The van der Waals surface area contributed by atoms with E-state index in [4.69, 9.17) is 0 Å². The summed E-state index contributed by atoms with van der Waals surface area (Å²) in [6, 6.07) is 10.3. The van der Waals surface area contributed by atoms with E-state index in [1.807, 2.05) is 30.0 Å². The van der Waals surface area contributed by atoms with E-state index in [-0.39, 0.29) is 16.9 Å². The second kappa shape index (κ2) is 9.76. The first-order chi connectivity index (χ1) is 11.2. The molecule has 0 aromatic heterocycles. The van der Waals surface area contributed by atoms with Gasteiger partial charge in [0.15, 0.2) is 5.78 Å². The Morgan fingerprint density at radius 3 is 2.61 bits per heavy atom. The summed E-state index contributed by atoms with van der Waals surface area (Å²) >= 11 is 1.88. The summed E-state index contributed by atoms with van der Waals surface area (Å²) in [6.07, 6.45) is 6.12. The number of nitrogens with zero attached hydrogens (tertiary/aromatic N) is 1. The summed E-state index contributed by atoms with van der Waals surface area (Å²) in [5.74, 6) is 1.38. The highest BCUT2D eigenvalue weighted by Gasteiger charge is 2.26. The van der Waals surface area contributed by atoms with Gasteiger partial charge >= 0.3 is 0 Å². The number of β-lactam (4-membered cyclic amide) rings is 1. The van der Waals surface area contributed by atoms with Crippen molar-refractivity contribution >= 4 is 23.5 Å². The van der Waals surface area contributed by atoms with Crippen LogP contribution in [0.25, 0.3) is 0 Å². The molecule has 0 bridgehead atoms. The van der Waals surface area contributed by atoms with E-state index in [9.17, 15) is 9.59 Å². The molecule has 1 saturated heterocycles. The van der Waals surface area contributed by atoms with Crippen LogP contribution in [0.3, 0.4) is 0 Å². The van der Waals surface area contributed by atoms with Gasteiger partial charge in [0.25, 0.3) is 0 Å². The van der Waals surface area contributed by atoms with Gasteiger partial charge in [-0.05, 0) is 17.7 Å². The van der Waals surface area contributed by atoms with Crippen LogP contribution in [0.15, 0.2) is 30.3 Å². The van der Waals surface area contributed by atoms with E-state index in [0.29, 0.717) is 19.4 Å². The Labute approximate surface area is 143 Å². The van der Waals surface area contributed by atoms with Gasteiger partial charge in [0, 0.05) is 24.6 Å². The summed E-state index contributed by atoms with van der Waals surface area (Å²) < 4.78 is 0. The maximum Gasteiger partial charge on any atom is 0.224 e. The number of rotatable bonds is 11. The van der Waals surface area contributed by atoms with Crippen molar-refractivity contribution in [3.05, 3.63) is 35.9 Å². The quantitative estimate of drug-likeness (QED) is 0.449. The molecule has 3 nitrogen and oxygen atoms in total. The van der Waals surface area contributed by atoms with Crippen LogP contribution in [0.4, 0.5) is 0 Å². The molecule has 1 fully saturated rings. The number of hydrogen-bond donors (Lipinski definition) is 0. The summed E-state index contributed by atoms with van der Waals surface area (Å²) in [6.45, 7) is 3.25. The molecule has 1 amide bonds. The topological polar surface area (TPSA) is 37.4 Å². The zero-order valence-electron chi connectivity index (χ0n) is 14.0. The van der Waals surface area contributed by atoms with Crippen molar-refractivity contribution in [2.45, 2.75) is 50.7 Å². The Morgan fingerprint density at radius 2 is 2.00 bits per heavy atom. The van der Waals surface area contributed by atoms with Gasteiger partial charge in [-0.15, -0.1) is 0 Å². The zero-order chi connectivity index (χ0) is 16.5. The maximum atomic E-state index is 12.3. The van der Waals surface area contributed by atoms with E-state index < -0.39 is 0 Å². The third-order valence-electron chi connectivity index (χ3n) is 4.22. The van der Waals surface area contributed by atoms with Crippen LogP contribution in [-0.4, -0.2) is 35.4 Å². The predicted octanol–water partition coefficient (Wildman–Crippen LogP) is 4.23. The number of unbranched alkanes of at least 4 members (excludes halogenated alkanes) is 3. The molecule has 1 heterocycles. The number of carbonyl (C=O) groups excluding carboxylic acids is 2. The van der Waals surface area contributed by atoms with E-state index in [0.717, 1.165) is 12.3 Å². The third-order valence-corrected chi connectivity index (χ3v) is 5.58. The fourth-order valence-electron chi connectivity index (χ4n) is 2.71. The molecule has 4 heteroatoms. The van der Waals surface area contributed by atoms with Crippen LogP contribution >= 0.6 is 11.8 Å². The molecular weight excluding hydrogens is 306 g/mol. The van der Waals surface area contributed by atoms with Crippen molar-refractivity contribution < 1.29 is 9.59 Å². The highest BCUT2D eigenvalue weighted by atomic mass is 32.2. The van der Waals surface area contributed by atoms with E-state index in [2.05, 4.69) is 19.1 Å². The standard InChI is InChI=1S/C19H27NO2S/c1-2-3-4-8-13-23-18(16-9-6-5-7-10-16)14-17(21)15-20-12-11-19(20)22/h5-7,9-10,18H,2-4,8,11-15H2,1H3. The van der Waals surface area contributed by atoms with Crippen LogP contribution in [0.5, 0.6) is 0 Å². The Bertz CT molecular complexity index is 503. The smallest absolute Gasteiger partial charge is 0.224 e. The van der Waals surface area contributed by atoms with Gasteiger partial charge in [0.2, 0.25) is 5.91 Å². The molecule has 1 aliphatic heterocycles. The van der Waals surface area contributed by atoms with Crippen molar-refractivity contribution in [2.24, 2.45) is 0 Å². The molecule has 1 atom stereocenters. The van der Waals surface area contributed by atoms with Crippen LogP contribution in [0, 0.1) is 0 Å². The Morgan fingerprint density at radius 1 is 1.22 bits per heavy atom. The van der Waals surface area contributed by atoms with E-state index >= 15 is 0 Å². The minimum atomic E-state index is 0.113. The summed E-state index contributed by atoms with van der Waals surface area (Å²) in [7, 11) is 0. The van der Waals surface area contributed by atoms with Crippen molar-refractivity contribution in [3.63, 3.8) is 0 Å². The van der Waals surface area contributed by atoms with Crippen LogP contribution in [-0.2, 0) is 9.59 Å². The number of Topliss-reactive ketones (excluding diaryl/α,β-unsaturated/α-hetero) is 1. The van der Waals surface area contributed by atoms with E-state index in [1.54, 1.807) is 4.90 Å². The molecule has 126 valence electrons. The number of likely N-dealkylation sites (tertiary alicyclic amines) is 1. The average molecular weight is 333 g/mol. The van der Waals surface area contributed by atoms with Crippen molar-refractivity contribution in [1.29, 1.82) is 0 Å². The minimum absolute atomic E-state index is 0.113. The van der Waals surface area contributed by atoms with Gasteiger partial charge in [-0.3, -0.25) is 9.59 Å². The second-order valence-corrected chi connectivity index (χ2v) is 7.45. The lowest BCUT2D eigenvalue weighted by molar-refractivity contribution is -0.143. The number of ketones is 1. The third kappa shape index (κ3) is 6.02. The maximum absolute atomic E-state index is 12.3. The van der Waals surface area contributed by atoms with Crippen LogP contribution in [0.2, 0.25) is 0 Å². The molecule has 1 aliphatic rings. The van der Waals surface area contributed by atoms with Gasteiger partial charge in [0.1, 0.15) is 0 Å².